The third kappa shape index (κ3) is 2.47. The molecule has 0 saturated heterocycles. The van der Waals surface area contributed by atoms with Crippen molar-refractivity contribution in [2.24, 2.45) is 0 Å². The summed E-state index contributed by atoms with van der Waals surface area (Å²) < 4.78 is 3.30. The minimum absolute atomic E-state index is 0.783. The molecule has 0 spiro atoms. The number of rotatable bonds is 3. The molecule has 0 saturated carbocycles. The Balaban J connectivity index is 1.87. The molecule has 5 heteroatoms. The van der Waals surface area contributed by atoms with Crippen LogP contribution in [-0.2, 0) is 6.54 Å². The van der Waals surface area contributed by atoms with Crippen LogP contribution in [0.2, 0.25) is 0 Å². The molecule has 0 unspecified atom stereocenters. The maximum Gasteiger partial charge on any atom is 0.194 e. The summed E-state index contributed by atoms with van der Waals surface area (Å²) in [6.45, 7) is 7.08. The maximum atomic E-state index is 4.62. The molecule has 2 aromatic heterocycles. The highest BCUT2D eigenvalue weighted by Crippen LogP contribution is 2.23. The third-order valence-corrected chi connectivity index (χ3v) is 4.77. The summed E-state index contributed by atoms with van der Waals surface area (Å²) in [5.41, 5.74) is 4.72. The molecule has 1 N–H and O–H groups in total. The largest absolute Gasteiger partial charge is 0.379 e. The van der Waals surface area contributed by atoms with Crippen LogP contribution in [0.1, 0.15) is 21.8 Å². The van der Waals surface area contributed by atoms with Crippen molar-refractivity contribution in [3.8, 4) is 0 Å². The van der Waals surface area contributed by atoms with Crippen molar-refractivity contribution in [1.82, 2.24) is 9.38 Å². The van der Waals surface area contributed by atoms with E-state index in [-0.39, 0.29) is 0 Å². The van der Waals surface area contributed by atoms with E-state index in [1.807, 2.05) is 0 Å². The fourth-order valence-electron chi connectivity index (χ4n) is 2.33. The van der Waals surface area contributed by atoms with Crippen molar-refractivity contribution >= 4 is 37.9 Å². The molecule has 3 aromatic rings. The van der Waals surface area contributed by atoms with Gasteiger partial charge >= 0.3 is 0 Å². The van der Waals surface area contributed by atoms with Crippen molar-refractivity contribution in [1.29, 1.82) is 0 Å². The van der Waals surface area contributed by atoms with Gasteiger partial charge in [0.2, 0.25) is 0 Å². The molecule has 0 amide bonds. The normalized spacial score (nSPS) is 11.2. The van der Waals surface area contributed by atoms with Gasteiger partial charge in [0.1, 0.15) is 0 Å². The Kier molecular flexibility index (Phi) is 3.56. The average Bonchev–Trinajstić information content (AvgIpc) is 2.84. The van der Waals surface area contributed by atoms with Crippen LogP contribution < -0.4 is 5.32 Å². The fourth-order valence-corrected chi connectivity index (χ4v) is 3.69. The lowest BCUT2D eigenvalue weighted by Gasteiger charge is -2.10. The second kappa shape index (κ2) is 5.22. The summed E-state index contributed by atoms with van der Waals surface area (Å²) in [7, 11) is 0. The van der Waals surface area contributed by atoms with Gasteiger partial charge in [0, 0.05) is 21.2 Å². The first-order valence-corrected chi connectivity index (χ1v) is 8.09. The van der Waals surface area contributed by atoms with Gasteiger partial charge in [0.15, 0.2) is 4.96 Å². The van der Waals surface area contributed by atoms with Gasteiger partial charge in [-0.05, 0) is 44.5 Å². The van der Waals surface area contributed by atoms with Gasteiger partial charge in [0.05, 0.1) is 17.9 Å². The molecule has 0 aliphatic rings. The highest BCUT2D eigenvalue weighted by molar-refractivity contribution is 9.10. The van der Waals surface area contributed by atoms with E-state index < -0.39 is 0 Å². The van der Waals surface area contributed by atoms with Crippen molar-refractivity contribution < 1.29 is 0 Å². The van der Waals surface area contributed by atoms with Gasteiger partial charge in [-0.25, -0.2) is 4.98 Å². The van der Waals surface area contributed by atoms with Crippen LogP contribution in [0.3, 0.4) is 0 Å². The van der Waals surface area contributed by atoms with Crippen LogP contribution in [0.5, 0.6) is 0 Å². The van der Waals surface area contributed by atoms with Crippen molar-refractivity contribution in [2.45, 2.75) is 27.3 Å². The number of halogens is 1. The number of thiazole rings is 1. The predicted molar refractivity (Wildman–Crippen MR) is 88.7 cm³/mol. The predicted octanol–water partition coefficient (Wildman–Crippen LogP) is 4.70. The lowest BCUT2D eigenvalue weighted by molar-refractivity contribution is 0.989. The first-order valence-electron chi connectivity index (χ1n) is 6.48. The molecular weight excluding hydrogens is 334 g/mol. The number of imidazole rings is 1. The first-order chi connectivity index (χ1) is 9.54. The number of aryl methyl sites for hydroxylation is 3. The minimum atomic E-state index is 0.783. The first kappa shape index (κ1) is 13.6. The van der Waals surface area contributed by atoms with E-state index in [2.05, 4.69) is 75.8 Å². The molecule has 0 aliphatic carbocycles. The number of anilines is 1. The van der Waals surface area contributed by atoms with Crippen LogP contribution in [0.25, 0.3) is 4.96 Å². The monoisotopic (exact) mass is 349 g/mol. The number of fused-ring (bicyclic) bond motifs is 1. The zero-order valence-electron chi connectivity index (χ0n) is 11.7. The molecule has 2 heterocycles. The molecule has 104 valence electrons. The number of aromatic nitrogens is 2. The Morgan fingerprint density at radius 3 is 2.85 bits per heavy atom. The number of nitrogens with one attached hydrogen (secondary N) is 1. The molecule has 0 aliphatic heterocycles. The second-order valence-electron chi connectivity index (χ2n) is 4.95. The van der Waals surface area contributed by atoms with E-state index in [1.165, 1.54) is 16.1 Å². The molecule has 20 heavy (non-hydrogen) atoms. The fraction of sp³-hybridized carbons (Fsp3) is 0.267. The van der Waals surface area contributed by atoms with Gasteiger partial charge in [-0.15, -0.1) is 11.3 Å². The quantitative estimate of drug-likeness (QED) is 0.742. The lowest BCUT2D eigenvalue weighted by Crippen LogP contribution is -2.04. The van der Waals surface area contributed by atoms with E-state index in [1.54, 1.807) is 11.3 Å². The van der Waals surface area contributed by atoms with Crippen LogP contribution in [0.15, 0.2) is 28.9 Å². The van der Waals surface area contributed by atoms with Gasteiger partial charge < -0.3 is 5.32 Å². The van der Waals surface area contributed by atoms with Crippen molar-refractivity contribution in [3.63, 3.8) is 0 Å². The van der Waals surface area contributed by atoms with Crippen LogP contribution in [0, 0.1) is 20.8 Å². The van der Waals surface area contributed by atoms with Crippen LogP contribution in [-0.4, -0.2) is 9.38 Å². The van der Waals surface area contributed by atoms with Gasteiger partial charge in [-0.3, -0.25) is 4.40 Å². The van der Waals surface area contributed by atoms with E-state index >= 15 is 0 Å². The van der Waals surface area contributed by atoms with Crippen LogP contribution in [0.4, 0.5) is 5.69 Å². The van der Waals surface area contributed by atoms with Gasteiger partial charge in [-0.1, -0.05) is 15.9 Å². The Bertz CT molecular complexity index is 773. The third-order valence-electron chi connectivity index (χ3n) is 3.38. The van der Waals surface area contributed by atoms with E-state index in [9.17, 15) is 0 Å². The van der Waals surface area contributed by atoms with Crippen molar-refractivity contribution in [3.05, 3.63) is 50.7 Å². The van der Waals surface area contributed by atoms with Crippen LogP contribution >= 0.6 is 27.3 Å². The highest BCUT2D eigenvalue weighted by atomic mass is 79.9. The van der Waals surface area contributed by atoms with E-state index in [0.717, 1.165) is 27.4 Å². The molecule has 0 fully saturated rings. The lowest BCUT2D eigenvalue weighted by atomic mass is 10.2. The maximum absolute atomic E-state index is 4.62. The number of benzene rings is 1. The molecular formula is C15H16BrN3S. The van der Waals surface area contributed by atoms with E-state index in [4.69, 9.17) is 0 Å². The van der Waals surface area contributed by atoms with Gasteiger partial charge in [0.25, 0.3) is 0 Å². The Morgan fingerprint density at radius 2 is 2.10 bits per heavy atom. The number of hydrogen-bond acceptors (Lipinski definition) is 3. The summed E-state index contributed by atoms with van der Waals surface area (Å²) in [6, 6.07) is 6.28. The molecule has 0 radical (unpaired) electrons. The summed E-state index contributed by atoms with van der Waals surface area (Å²) >= 11 is 5.22. The SMILES string of the molecule is Cc1cn2c(CNc3ccc(Br)cc3C)c(C)nc2s1. The summed E-state index contributed by atoms with van der Waals surface area (Å²) in [6.07, 6.45) is 2.16. The Labute approximate surface area is 130 Å². The zero-order chi connectivity index (χ0) is 14.3. The smallest absolute Gasteiger partial charge is 0.194 e. The summed E-state index contributed by atoms with van der Waals surface area (Å²) in [5, 5.41) is 3.51. The standard InChI is InChI=1S/C15H16BrN3S/c1-9-6-12(16)4-5-13(9)17-7-14-11(3)18-15-19(14)8-10(2)20-15/h4-6,8,17H,7H2,1-3H3. The molecule has 3 rings (SSSR count). The zero-order valence-corrected chi connectivity index (χ0v) is 14.1. The Morgan fingerprint density at radius 1 is 1.30 bits per heavy atom. The minimum Gasteiger partial charge on any atom is -0.379 e. The van der Waals surface area contributed by atoms with E-state index in [0.29, 0.717) is 0 Å². The molecule has 0 atom stereocenters. The summed E-state index contributed by atoms with van der Waals surface area (Å²) in [4.78, 5) is 6.98. The molecule has 1 aromatic carbocycles. The number of hydrogen-bond donors (Lipinski definition) is 1. The molecule has 3 nitrogen and oxygen atoms in total. The van der Waals surface area contributed by atoms with Gasteiger partial charge in [-0.2, -0.15) is 0 Å². The Hall–Kier alpha value is -1.33. The summed E-state index contributed by atoms with van der Waals surface area (Å²) in [5.74, 6) is 0. The second-order valence-corrected chi connectivity index (χ2v) is 7.08. The topological polar surface area (TPSA) is 29.3 Å². The highest BCUT2D eigenvalue weighted by Gasteiger charge is 2.11. The molecule has 0 bridgehead atoms. The van der Waals surface area contributed by atoms with Crippen molar-refractivity contribution in [2.75, 3.05) is 5.32 Å². The average molecular weight is 350 g/mol. The number of nitrogens with zero attached hydrogens (tertiary/aromatic N) is 2.